The van der Waals surface area contributed by atoms with Crippen molar-refractivity contribution in [1.29, 1.82) is 0 Å². The number of hydrogen-bond acceptors (Lipinski definition) is 3. The summed E-state index contributed by atoms with van der Waals surface area (Å²) in [4.78, 5) is 8.44. The molecule has 0 aliphatic rings. The molecule has 0 spiro atoms. The van der Waals surface area contributed by atoms with E-state index >= 15 is 0 Å². The normalized spacial score (nSPS) is 10.4. The number of aryl methyl sites for hydroxylation is 1. The Labute approximate surface area is 118 Å². The van der Waals surface area contributed by atoms with E-state index in [1.165, 1.54) is 6.07 Å². The molecule has 0 saturated carbocycles. The number of nitrogens with zero attached hydrogens (tertiary/aromatic N) is 2. The van der Waals surface area contributed by atoms with Crippen molar-refractivity contribution in [3.05, 3.63) is 45.5 Å². The molecule has 0 amide bonds. The van der Waals surface area contributed by atoms with E-state index in [-0.39, 0.29) is 10.7 Å². The Balaban J connectivity index is 2.34. The highest BCUT2D eigenvalue weighted by Gasteiger charge is 2.08. The summed E-state index contributed by atoms with van der Waals surface area (Å²) in [6.45, 7) is 1.95. The second kappa shape index (κ2) is 5.63. The first-order chi connectivity index (χ1) is 8.60. The summed E-state index contributed by atoms with van der Waals surface area (Å²) in [5, 5.41) is 2.96. The van der Waals surface area contributed by atoms with Crippen LogP contribution in [0.1, 0.15) is 12.7 Å². The molecule has 0 saturated heterocycles. The number of benzene rings is 1. The van der Waals surface area contributed by atoms with Gasteiger partial charge in [-0.25, -0.2) is 14.4 Å². The van der Waals surface area contributed by atoms with E-state index in [1.54, 1.807) is 18.2 Å². The van der Waals surface area contributed by atoms with Gasteiger partial charge >= 0.3 is 0 Å². The van der Waals surface area contributed by atoms with Crippen LogP contribution in [0.25, 0.3) is 0 Å². The van der Waals surface area contributed by atoms with Crippen LogP contribution in [0.5, 0.6) is 0 Å². The number of nitrogens with one attached hydrogen (secondary N) is 1. The molecule has 0 unspecified atom stereocenters. The predicted octanol–water partition coefficient (Wildman–Crippen LogP) is 4.34. The lowest BCUT2D eigenvalue weighted by Gasteiger charge is -2.08. The van der Waals surface area contributed by atoms with Gasteiger partial charge in [0.2, 0.25) is 0 Å². The van der Waals surface area contributed by atoms with Gasteiger partial charge in [0.25, 0.3) is 0 Å². The first-order valence-corrected chi connectivity index (χ1v) is 6.51. The third-order valence-corrected chi connectivity index (χ3v) is 2.97. The molecule has 0 radical (unpaired) electrons. The van der Waals surface area contributed by atoms with Gasteiger partial charge in [-0.05, 0) is 28.1 Å². The van der Waals surface area contributed by atoms with Crippen molar-refractivity contribution in [2.75, 3.05) is 5.32 Å². The zero-order chi connectivity index (χ0) is 13.1. The Kier molecular flexibility index (Phi) is 4.14. The van der Waals surface area contributed by atoms with Crippen molar-refractivity contribution >= 4 is 39.0 Å². The predicted molar refractivity (Wildman–Crippen MR) is 73.8 cm³/mol. The Morgan fingerprint density at radius 2 is 2.17 bits per heavy atom. The van der Waals surface area contributed by atoms with E-state index < -0.39 is 5.82 Å². The average molecular weight is 331 g/mol. The Morgan fingerprint density at radius 3 is 2.89 bits per heavy atom. The second-order valence-corrected chi connectivity index (χ2v) is 4.79. The number of rotatable bonds is 3. The lowest BCUT2D eigenvalue weighted by atomic mass is 10.3. The number of aromatic nitrogens is 2. The zero-order valence-corrected chi connectivity index (χ0v) is 11.9. The maximum Gasteiger partial charge on any atom is 0.165 e. The minimum absolute atomic E-state index is 0.0730. The quantitative estimate of drug-likeness (QED) is 0.851. The first kappa shape index (κ1) is 13.2. The van der Waals surface area contributed by atoms with Crippen molar-refractivity contribution in [3.63, 3.8) is 0 Å². The van der Waals surface area contributed by atoms with Crippen LogP contribution in [0, 0.1) is 5.82 Å². The van der Waals surface area contributed by atoms with E-state index in [1.807, 2.05) is 6.92 Å². The lowest BCUT2D eigenvalue weighted by Crippen LogP contribution is -2.01. The van der Waals surface area contributed by atoms with Crippen LogP contribution in [-0.2, 0) is 6.42 Å². The number of anilines is 2. The summed E-state index contributed by atoms with van der Waals surface area (Å²) >= 11 is 9.00. The molecule has 0 aliphatic heterocycles. The van der Waals surface area contributed by atoms with Gasteiger partial charge in [-0.3, -0.25) is 0 Å². The van der Waals surface area contributed by atoms with Crippen molar-refractivity contribution in [2.24, 2.45) is 0 Å². The Bertz CT molecular complexity index is 577. The molecular weight excluding hydrogens is 321 g/mol. The smallest absolute Gasteiger partial charge is 0.165 e. The number of halogens is 3. The van der Waals surface area contributed by atoms with Crippen LogP contribution in [0.15, 0.2) is 28.9 Å². The summed E-state index contributed by atoms with van der Waals surface area (Å²) in [5.74, 6) is 0.705. The summed E-state index contributed by atoms with van der Waals surface area (Å²) in [6, 6.07) is 6.45. The molecule has 1 heterocycles. The van der Waals surface area contributed by atoms with E-state index in [0.717, 1.165) is 0 Å². The lowest BCUT2D eigenvalue weighted by molar-refractivity contribution is 0.632. The first-order valence-electron chi connectivity index (χ1n) is 5.34. The van der Waals surface area contributed by atoms with Gasteiger partial charge in [0.1, 0.15) is 16.2 Å². The minimum Gasteiger partial charge on any atom is -0.338 e. The number of hydrogen-bond donors (Lipinski definition) is 1. The SMILES string of the molecule is CCc1nc(Br)cc(Nc2cccc(Cl)c2F)n1. The molecule has 3 nitrogen and oxygen atoms in total. The molecule has 1 aromatic carbocycles. The van der Waals surface area contributed by atoms with Crippen molar-refractivity contribution in [1.82, 2.24) is 9.97 Å². The van der Waals surface area contributed by atoms with Crippen LogP contribution in [-0.4, -0.2) is 9.97 Å². The molecule has 0 aliphatic carbocycles. The van der Waals surface area contributed by atoms with E-state index in [9.17, 15) is 4.39 Å². The van der Waals surface area contributed by atoms with E-state index in [2.05, 4.69) is 31.2 Å². The van der Waals surface area contributed by atoms with Crippen molar-refractivity contribution in [2.45, 2.75) is 13.3 Å². The molecule has 6 heteroatoms. The molecule has 94 valence electrons. The van der Waals surface area contributed by atoms with E-state index in [0.29, 0.717) is 22.7 Å². The van der Waals surface area contributed by atoms with Crippen LogP contribution in [0.4, 0.5) is 15.9 Å². The average Bonchev–Trinajstić information content (AvgIpc) is 2.34. The van der Waals surface area contributed by atoms with Crippen LogP contribution in [0.2, 0.25) is 5.02 Å². The van der Waals surface area contributed by atoms with Gasteiger partial charge in [0.05, 0.1) is 10.7 Å². The van der Waals surface area contributed by atoms with Gasteiger partial charge in [-0.1, -0.05) is 24.6 Å². The van der Waals surface area contributed by atoms with Gasteiger partial charge in [0, 0.05) is 12.5 Å². The molecule has 0 atom stereocenters. The maximum atomic E-state index is 13.7. The van der Waals surface area contributed by atoms with Gasteiger partial charge < -0.3 is 5.32 Å². The van der Waals surface area contributed by atoms with Crippen LogP contribution < -0.4 is 5.32 Å². The minimum atomic E-state index is -0.494. The van der Waals surface area contributed by atoms with Gasteiger partial charge in [0.15, 0.2) is 5.82 Å². The summed E-state index contributed by atoms with van der Waals surface area (Å²) in [7, 11) is 0. The highest BCUT2D eigenvalue weighted by atomic mass is 79.9. The highest BCUT2D eigenvalue weighted by Crippen LogP contribution is 2.25. The molecule has 1 aromatic heterocycles. The van der Waals surface area contributed by atoms with E-state index in [4.69, 9.17) is 11.6 Å². The summed E-state index contributed by atoms with van der Waals surface area (Å²) < 4.78 is 14.4. The topological polar surface area (TPSA) is 37.8 Å². The molecule has 0 bridgehead atoms. The Hall–Kier alpha value is -1.20. The molecule has 1 N–H and O–H groups in total. The monoisotopic (exact) mass is 329 g/mol. The zero-order valence-electron chi connectivity index (χ0n) is 9.54. The third kappa shape index (κ3) is 2.97. The molecule has 0 fully saturated rings. The van der Waals surface area contributed by atoms with Crippen molar-refractivity contribution in [3.8, 4) is 0 Å². The van der Waals surface area contributed by atoms with Gasteiger partial charge in [-0.15, -0.1) is 0 Å². The Morgan fingerprint density at radius 1 is 1.39 bits per heavy atom. The highest BCUT2D eigenvalue weighted by molar-refractivity contribution is 9.10. The summed E-state index contributed by atoms with van der Waals surface area (Å²) in [6.07, 6.45) is 0.701. The largest absolute Gasteiger partial charge is 0.338 e. The fourth-order valence-electron chi connectivity index (χ4n) is 1.43. The fraction of sp³-hybridized carbons (Fsp3) is 0.167. The molecule has 2 aromatic rings. The van der Waals surface area contributed by atoms with Gasteiger partial charge in [-0.2, -0.15) is 0 Å². The summed E-state index contributed by atoms with van der Waals surface area (Å²) in [5.41, 5.74) is 0.287. The maximum absolute atomic E-state index is 13.7. The fourth-order valence-corrected chi connectivity index (χ4v) is 2.02. The van der Waals surface area contributed by atoms with Crippen LogP contribution >= 0.6 is 27.5 Å². The standard InChI is InChI=1S/C12H10BrClFN3/c1-2-10-17-9(13)6-11(18-10)16-8-5-3-4-7(14)12(8)15/h3-6H,2H2,1H3,(H,16,17,18). The van der Waals surface area contributed by atoms with Crippen LogP contribution in [0.3, 0.4) is 0 Å². The van der Waals surface area contributed by atoms with Crippen molar-refractivity contribution < 1.29 is 4.39 Å². The second-order valence-electron chi connectivity index (χ2n) is 3.57. The molecule has 2 rings (SSSR count). The molecule has 18 heavy (non-hydrogen) atoms. The third-order valence-electron chi connectivity index (χ3n) is 2.27. The molecular formula is C12H10BrClFN3.